The number of carbonyl (C=O) groups excluding carboxylic acids is 2. The number of fused-ring (bicyclic) bond motifs is 3. The second-order valence-electron chi connectivity index (χ2n) is 7.87. The smallest absolute Gasteiger partial charge is 0.407 e. The minimum Gasteiger partial charge on any atom is -0.481 e. The molecule has 7 nitrogen and oxygen atoms in total. The second kappa shape index (κ2) is 10.7. The summed E-state index contributed by atoms with van der Waals surface area (Å²) in [7, 11) is 0. The Morgan fingerprint density at radius 3 is 2.24 bits per heavy atom. The minimum atomic E-state index is -1.25. The van der Waals surface area contributed by atoms with Crippen LogP contribution in [0.5, 0.6) is 0 Å². The number of carboxylic acids is 1. The molecule has 1 aliphatic rings. The molecule has 3 N–H and O–H groups in total. The summed E-state index contributed by atoms with van der Waals surface area (Å²) < 4.78 is 6.10. The summed E-state index contributed by atoms with van der Waals surface area (Å²) in [6.45, 7) is 0.360. The van der Waals surface area contributed by atoms with Gasteiger partial charge in [-0.05, 0) is 40.8 Å². The van der Waals surface area contributed by atoms with Crippen molar-refractivity contribution in [2.75, 3.05) is 13.2 Å². The summed E-state index contributed by atoms with van der Waals surface area (Å²) >= 11 is 7.31. The molecule has 0 spiro atoms. The number of nitrogens with one attached hydrogen (secondary N) is 2. The predicted octanol–water partition coefficient (Wildman–Crippen LogP) is 4.44. The van der Waals surface area contributed by atoms with Crippen molar-refractivity contribution in [3.63, 3.8) is 0 Å². The van der Waals surface area contributed by atoms with E-state index in [1.807, 2.05) is 54.6 Å². The molecule has 1 aromatic heterocycles. The first-order valence-corrected chi connectivity index (χ1v) is 12.0. The van der Waals surface area contributed by atoms with Gasteiger partial charge in [0.2, 0.25) is 5.91 Å². The first kappa shape index (κ1) is 23.8. The molecule has 0 saturated heterocycles. The van der Waals surface area contributed by atoms with E-state index in [0.29, 0.717) is 10.8 Å². The third kappa shape index (κ3) is 5.58. The topological polar surface area (TPSA) is 105 Å². The van der Waals surface area contributed by atoms with Crippen molar-refractivity contribution in [2.24, 2.45) is 0 Å². The molecule has 9 heteroatoms. The summed E-state index contributed by atoms with van der Waals surface area (Å²) in [5, 5.41) is 14.3. The number of rotatable bonds is 9. The van der Waals surface area contributed by atoms with Crippen LogP contribution in [0, 0.1) is 0 Å². The highest BCUT2D eigenvalue weighted by Crippen LogP contribution is 2.44. The maximum atomic E-state index is 12.5. The van der Waals surface area contributed by atoms with Gasteiger partial charge in [0.25, 0.3) is 0 Å². The van der Waals surface area contributed by atoms with Crippen LogP contribution in [-0.2, 0) is 20.7 Å². The van der Waals surface area contributed by atoms with Crippen molar-refractivity contribution >= 4 is 40.9 Å². The lowest BCUT2D eigenvalue weighted by atomic mass is 9.98. The Morgan fingerprint density at radius 2 is 1.65 bits per heavy atom. The van der Waals surface area contributed by atoms with Gasteiger partial charge in [-0.15, -0.1) is 11.3 Å². The highest BCUT2D eigenvalue weighted by Gasteiger charge is 2.30. The third-order valence-electron chi connectivity index (χ3n) is 5.63. The van der Waals surface area contributed by atoms with Gasteiger partial charge < -0.3 is 20.5 Å². The van der Waals surface area contributed by atoms with Gasteiger partial charge in [0.1, 0.15) is 12.6 Å². The average molecular weight is 499 g/mol. The molecule has 0 radical (unpaired) electrons. The van der Waals surface area contributed by atoms with Crippen LogP contribution < -0.4 is 10.6 Å². The fourth-order valence-electron chi connectivity index (χ4n) is 4.08. The van der Waals surface area contributed by atoms with Crippen molar-refractivity contribution in [3.05, 3.63) is 81.0 Å². The molecule has 0 aliphatic heterocycles. The summed E-state index contributed by atoms with van der Waals surface area (Å²) in [6, 6.07) is 18.3. The van der Waals surface area contributed by atoms with Gasteiger partial charge in [-0.3, -0.25) is 9.59 Å². The molecular weight excluding hydrogens is 476 g/mol. The monoisotopic (exact) mass is 498 g/mol. The van der Waals surface area contributed by atoms with E-state index in [1.54, 1.807) is 6.07 Å². The maximum absolute atomic E-state index is 12.5. The first-order chi connectivity index (χ1) is 16.4. The zero-order valence-corrected chi connectivity index (χ0v) is 19.7. The standard InChI is InChI=1S/C25H23ClN2O5S/c26-22-10-9-15(34-22)11-12-27-24(31)21(13-23(29)30)28-25(32)33-14-20-18-7-3-1-5-16(18)17-6-2-4-8-19(17)20/h1-10,20-21H,11-14H2,(H,27,31)(H,28,32)(H,29,30). The van der Waals surface area contributed by atoms with Crippen molar-refractivity contribution in [3.8, 4) is 11.1 Å². The largest absolute Gasteiger partial charge is 0.481 e. The van der Waals surface area contributed by atoms with Gasteiger partial charge in [0, 0.05) is 17.3 Å². The Hall–Kier alpha value is -3.36. The summed E-state index contributed by atoms with van der Waals surface area (Å²) in [6.07, 6.45) is -0.845. The number of benzene rings is 2. The molecule has 2 aromatic carbocycles. The molecular formula is C25H23ClN2O5S. The number of hydrogen-bond acceptors (Lipinski definition) is 5. The van der Waals surface area contributed by atoms with E-state index in [9.17, 15) is 19.5 Å². The van der Waals surface area contributed by atoms with Crippen LogP contribution >= 0.6 is 22.9 Å². The van der Waals surface area contributed by atoms with E-state index in [-0.39, 0.29) is 19.1 Å². The second-order valence-corrected chi connectivity index (χ2v) is 9.67. The van der Waals surface area contributed by atoms with Crippen molar-refractivity contribution in [1.29, 1.82) is 0 Å². The molecule has 0 bridgehead atoms. The summed E-state index contributed by atoms with van der Waals surface area (Å²) in [4.78, 5) is 37.3. The van der Waals surface area contributed by atoms with Crippen LogP contribution in [0.3, 0.4) is 0 Å². The van der Waals surface area contributed by atoms with Gasteiger partial charge >= 0.3 is 12.1 Å². The summed E-state index contributed by atoms with van der Waals surface area (Å²) in [5.41, 5.74) is 4.32. The van der Waals surface area contributed by atoms with Crippen molar-refractivity contribution in [1.82, 2.24) is 10.6 Å². The van der Waals surface area contributed by atoms with Crippen LogP contribution in [0.1, 0.15) is 28.3 Å². The van der Waals surface area contributed by atoms with E-state index >= 15 is 0 Å². The SMILES string of the molecule is O=C(O)CC(NC(=O)OCC1c2ccccc2-c2ccccc21)C(=O)NCCc1ccc(Cl)s1. The van der Waals surface area contributed by atoms with Crippen LogP contribution in [0.25, 0.3) is 11.1 Å². The molecule has 1 aliphatic carbocycles. The molecule has 0 fully saturated rings. The molecule has 1 unspecified atom stereocenters. The highest BCUT2D eigenvalue weighted by atomic mass is 35.5. The number of hydrogen-bond donors (Lipinski definition) is 3. The maximum Gasteiger partial charge on any atom is 0.407 e. The van der Waals surface area contributed by atoms with Crippen LogP contribution in [-0.4, -0.2) is 42.3 Å². The first-order valence-electron chi connectivity index (χ1n) is 10.8. The molecule has 0 saturated carbocycles. The number of aliphatic carboxylic acids is 1. The Bertz CT molecular complexity index is 1170. The number of carbonyl (C=O) groups is 3. The summed E-state index contributed by atoms with van der Waals surface area (Å²) in [5.74, 6) is -1.93. The van der Waals surface area contributed by atoms with Gasteiger partial charge in [-0.1, -0.05) is 60.1 Å². The van der Waals surface area contributed by atoms with Gasteiger partial charge in [-0.25, -0.2) is 4.79 Å². The number of alkyl carbamates (subject to hydrolysis) is 1. The van der Waals surface area contributed by atoms with E-state index in [1.165, 1.54) is 11.3 Å². The van der Waals surface area contributed by atoms with Crippen molar-refractivity contribution < 1.29 is 24.2 Å². The minimum absolute atomic E-state index is 0.0698. The normalized spacial score (nSPS) is 13.0. The zero-order valence-electron chi connectivity index (χ0n) is 18.1. The Labute approximate surface area is 205 Å². The molecule has 2 amide bonds. The van der Waals surface area contributed by atoms with E-state index in [2.05, 4.69) is 10.6 Å². The Morgan fingerprint density at radius 1 is 1.00 bits per heavy atom. The Kier molecular flexibility index (Phi) is 7.49. The van der Waals surface area contributed by atoms with Gasteiger partial charge in [-0.2, -0.15) is 0 Å². The average Bonchev–Trinajstić information content (AvgIpc) is 3.37. The number of carboxylic acid groups (broad SMARTS) is 1. The quantitative estimate of drug-likeness (QED) is 0.404. The van der Waals surface area contributed by atoms with Crippen LogP contribution in [0.2, 0.25) is 4.34 Å². The number of thiophene rings is 1. The van der Waals surface area contributed by atoms with E-state index in [4.69, 9.17) is 16.3 Å². The number of halogens is 1. The lowest BCUT2D eigenvalue weighted by molar-refractivity contribution is -0.139. The number of ether oxygens (including phenoxy) is 1. The molecule has 1 atom stereocenters. The lowest BCUT2D eigenvalue weighted by Crippen LogP contribution is -2.48. The molecule has 4 rings (SSSR count). The predicted molar refractivity (Wildman–Crippen MR) is 130 cm³/mol. The van der Waals surface area contributed by atoms with Crippen LogP contribution in [0.15, 0.2) is 60.7 Å². The fraction of sp³-hybridized carbons (Fsp3) is 0.240. The Balaban J connectivity index is 1.35. The molecule has 3 aromatic rings. The molecule has 176 valence electrons. The fourth-order valence-corrected chi connectivity index (χ4v) is 5.17. The van der Waals surface area contributed by atoms with Gasteiger partial charge in [0.05, 0.1) is 10.8 Å². The zero-order chi connectivity index (χ0) is 24.1. The highest BCUT2D eigenvalue weighted by molar-refractivity contribution is 7.16. The third-order valence-corrected chi connectivity index (χ3v) is 6.92. The lowest BCUT2D eigenvalue weighted by Gasteiger charge is -2.18. The molecule has 34 heavy (non-hydrogen) atoms. The van der Waals surface area contributed by atoms with Gasteiger partial charge in [0.15, 0.2) is 0 Å². The molecule has 1 heterocycles. The van der Waals surface area contributed by atoms with Crippen LogP contribution in [0.4, 0.5) is 4.79 Å². The van der Waals surface area contributed by atoms with E-state index in [0.717, 1.165) is 27.1 Å². The van der Waals surface area contributed by atoms with Crippen molar-refractivity contribution in [2.45, 2.75) is 24.8 Å². The van der Waals surface area contributed by atoms with E-state index < -0.39 is 30.4 Å². The number of amides is 2.